The maximum Gasteiger partial charge on any atom is 0.226 e. The molecule has 2 atom stereocenters. The minimum Gasteiger partial charge on any atom is -0.338 e. The van der Waals surface area contributed by atoms with Gasteiger partial charge >= 0.3 is 0 Å². The Bertz CT molecular complexity index is 749. The molecule has 1 amide bonds. The highest BCUT2D eigenvalue weighted by atomic mass is 32.1. The predicted molar refractivity (Wildman–Crippen MR) is 104 cm³/mol. The van der Waals surface area contributed by atoms with Crippen molar-refractivity contribution in [2.24, 2.45) is 11.8 Å². The average molecular weight is 358 g/mol. The minimum atomic E-state index is 0.0414. The van der Waals surface area contributed by atoms with Crippen LogP contribution in [-0.4, -0.2) is 35.9 Å². The van der Waals surface area contributed by atoms with Gasteiger partial charge < -0.3 is 10.2 Å². The maximum absolute atomic E-state index is 12.8. The van der Waals surface area contributed by atoms with Gasteiger partial charge in [0.2, 0.25) is 5.91 Å². The monoisotopic (exact) mass is 357 g/mol. The Kier molecular flexibility index (Phi) is 5.25. The van der Waals surface area contributed by atoms with Crippen molar-refractivity contribution in [3.05, 3.63) is 40.4 Å². The third-order valence-corrected chi connectivity index (χ3v) is 6.73. The van der Waals surface area contributed by atoms with Gasteiger partial charge in [-0.25, -0.2) is 4.98 Å². The van der Waals surface area contributed by atoms with E-state index in [0.717, 1.165) is 29.4 Å². The molecule has 2 aromatic rings. The van der Waals surface area contributed by atoms with E-state index in [9.17, 15) is 4.79 Å². The molecule has 4 nitrogen and oxygen atoms in total. The first kappa shape index (κ1) is 18.1. The van der Waals surface area contributed by atoms with Gasteiger partial charge in [0.15, 0.2) is 0 Å². The van der Waals surface area contributed by atoms with Gasteiger partial charge in [0.25, 0.3) is 0 Å². The van der Waals surface area contributed by atoms with Crippen LogP contribution in [0.2, 0.25) is 0 Å². The molecule has 134 valence electrons. The Morgan fingerprint density at radius 3 is 2.44 bits per heavy atom. The molecule has 1 aromatic carbocycles. The Balaban J connectivity index is 1.78. The topological polar surface area (TPSA) is 45.2 Å². The first-order valence-electron chi connectivity index (χ1n) is 8.90. The Morgan fingerprint density at radius 2 is 1.88 bits per heavy atom. The van der Waals surface area contributed by atoms with Crippen LogP contribution in [0.5, 0.6) is 0 Å². The van der Waals surface area contributed by atoms with Crippen LogP contribution >= 0.6 is 11.3 Å². The number of benzene rings is 1. The molecule has 1 saturated heterocycles. The van der Waals surface area contributed by atoms with E-state index in [2.05, 4.69) is 43.4 Å². The van der Waals surface area contributed by atoms with Gasteiger partial charge in [0.05, 0.1) is 16.6 Å². The second-order valence-electron chi connectivity index (χ2n) is 7.17. The SMILES string of the molecule is Cc1ccc(-c2nc(C)c(C(C)N(C)C(=O)C(C)C3CNC3)s2)cc1. The molecule has 2 unspecified atom stereocenters. The number of aryl methyl sites for hydroxylation is 2. The standard InChI is InChI=1S/C20H27N3OS/c1-12-6-8-16(9-7-12)19-22-14(3)18(25-19)15(4)23(5)20(24)13(2)17-10-21-11-17/h6-9,13,15,17,21H,10-11H2,1-5H3. The number of amides is 1. The summed E-state index contributed by atoms with van der Waals surface area (Å²) in [4.78, 5) is 20.6. The van der Waals surface area contributed by atoms with E-state index in [4.69, 9.17) is 4.98 Å². The van der Waals surface area contributed by atoms with Gasteiger partial charge in [0, 0.05) is 18.5 Å². The molecule has 0 bridgehead atoms. The van der Waals surface area contributed by atoms with Crippen LogP contribution in [-0.2, 0) is 4.79 Å². The van der Waals surface area contributed by atoms with E-state index < -0.39 is 0 Å². The summed E-state index contributed by atoms with van der Waals surface area (Å²) in [5.74, 6) is 0.759. The zero-order valence-corrected chi connectivity index (χ0v) is 16.5. The van der Waals surface area contributed by atoms with Gasteiger partial charge in [0.1, 0.15) is 5.01 Å². The highest BCUT2D eigenvalue weighted by Gasteiger charge is 2.33. The van der Waals surface area contributed by atoms with Crippen LogP contribution in [0.1, 0.15) is 36.0 Å². The van der Waals surface area contributed by atoms with Crippen molar-refractivity contribution in [3.63, 3.8) is 0 Å². The normalized spacial score (nSPS) is 17.0. The summed E-state index contributed by atoms with van der Waals surface area (Å²) in [6.07, 6.45) is 0. The first-order valence-corrected chi connectivity index (χ1v) is 9.72. The Morgan fingerprint density at radius 1 is 1.24 bits per heavy atom. The molecular weight excluding hydrogens is 330 g/mol. The van der Waals surface area contributed by atoms with Crippen LogP contribution in [0.15, 0.2) is 24.3 Å². The fourth-order valence-corrected chi connectivity index (χ4v) is 4.34. The molecule has 1 aliphatic heterocycles. The smallest absolute Gasteiger partial charge is 0.226 e. The summed E-state index contributed by atoms with van der Waals surface area (Å²) < 4.78 is 0. The third kappa shape index (κ3) is 3.62. The zero-order chi connectivity index (χ0) is 18.1. The highest BCUT2D eigenvalue weighted by molar-refractivity contribution is 7.15. The van der Waals surface area contributed by atoms with Gasteiger partial charge in [-0.3, -0.25) is 4.79 Å². The van der Waals surface area contributed by atoms with Gasteiger partial charge in [-0.15, -0.1) is 11.3 Å². The van der Waals surface area contributed by atoms with E-state index in [1.165, 1.54) is 10.4 Å². The summed E-state index contributed by atoms with van der Waals surface area (Å²) >= 11 is 1.69. The van der Waals surface area contributed by atoms with E-state index in [-0.39, 0.29) is 17.9 Å². The quantitative estimate of drug-likeness (QED) is 0.885. The summed E-state index contributed by atoms with van der Waals surface area (Å²) in [5, 5.41) is 4.28. The second kappa shape index (κ2) is 7.26. The fourth-order valence-electron chi connectivity index (χ4n) is 3.17. The lowest BCUT2D eigenvalue weighted by Crippen LogP contribution is -2.50. The van der Waals surface area contributed by atoms with Crippen molar-refractivity contribution < 1.29 is 4.79 Å². The summed E-state index contributed by atoms with van der Waals surface area (Å²) in [6.45, 7) is 10.2. The van der Waals surface area contributed by atoms with Crippen LogP contribution < -0.4 is 5.32 Å². The number of rotatable bonds is 5. The molecule has 25 heavy (non-hydrogen) atoms. The number of nitrogens with zero attached hydrogens (tertiary/aromatic N) is 2. The molecule has 2 heterocycles. The zero-order valence-electron chi connectivity index (χ0n) is 15.7. The lowest BCUT2D eigenvalue weighted by Gasteiger charge is -2.35. The van der Waals surface area contributed by atoms with Crippen molar-refractivity contribution in [2.45, 2.75) is 33.7 Å². The van der Waals surface area contributed by atoms with Crippen LogP contribution in [0, 0.1) is 25.7 Å². The number of nitrogens with one attached hydrogen (secondary N) is 1. The van der Waals surface area contributed by atoms with Crippen LogP contribution in [0.25, 0.3) is 10.6 Å². The summed E-state index contributed by atoms with van der Waals surface area (Å²) in [6, 6.07) is 8.49. The lowest BCUT2D eigenvalue weighted by molar-refractivity contribution is -0.138. The highest BCUT2D eigenvalue weighted by Crippen LogP contribution is 2.34. The molecule has 0 radical (unpaired) electrons. The van der Waals surface area contributed by atoms with Gasteiger partial charge in [-0.05, 0) is 39.8 Å². The molecule has 1 aliphatic rings. The van der Waals surface area contributed by atoms with Crippen molar-refractivity contribution in [1.29, 1.82) is 0 Å². The number of carbonyl (C=O) groups excluding carboxylic acids is 1. The number of hydrogen-bond acceptors (Lipinski definition) is 4. The molecule has 5 heteroatoms. The fraction of sp³-hybridized carbons (Fsp3) is 0.500. The third-order valence-electron chi connectivity index (χ3n) is 5.35. The first-order chi connectivity index (χ1) is 11.9. The Labute approximate surface area is 154 Å². The molecule has 1 aromatic heterocycles. The van der Waals surface area contributed by atoms with Crippen molar-refractivity contribution in [2.75, 3.05) is 20.1 Å². The van der Waals surface area contributed by atoms with E-state index in [1.807, 2.05) is 25.8 Å². The number of hydrogen-bond donors (Lipinski definition) is 1. The molecule has 1 fully saturated rings. The average Bonchev–Trinajstić information content (AvgIpc) is 2.93. The van der Waals surface area contributed by atoms with E-state index in [1.54, 1.807) is 11.3 Å². The largest absolute Gasteiger partial charge is 0.338 e. The number of carbonyl (C=O) groups is 1. The molecule has 1 N–H and O–H groups in total. The molecule has 3 rings (SSSR count). The second-order valence-corrected chi connectivity index (χ2v) is 8.20. The number of thiazole rings is 1. The van der Waals surface area contributed by atoms with Gasteiger partial charge in [-0.1, -0.05) is 36.8 Å². The van der Waals surface area contributed by atoms with Crippen molar-refractivity contribution in [3.8, 4) is 10.6 Å². The van der Waals surface area contributed by atoms with Crippen molar-refractivity contribution >= 4 is 17.2 Å². The minimum absolute atomic E-state index is 0.0414. The lowest BCUT2D eigenvalue weighted by atomic mass is 9.87. The van der Waals surface area contributed by atoms with E-state index >= 15 is 0 Å². The number of aromatic nitrogens is 1. The van der Waals surface area contributed by atoms with Crippen molar-refractivity contribution in [1.82, 2.24) is 15.2 Å². The maximum atomic E-state index is 12.8. The molecule has 0 saturated carbocycles. The van der Waals surface area contributed by atoms with Crippen LogP contribution in [0.3, 0.4) is 0 Å². The molecule has 0 aliphatic carbocycles. The molecular formula is C20H27N3OS. The van der Waals surface area contributed by atoms with Crippen LogP contribution in [0.4, 0.5) is 0 Å². The summed E-state index contributed by atoms with van der Waals surface area (Å²) in [5.41, 5.74) is 3.40. The Hall–Kier alpha value is -1.72. The van der Waals surface area contributed by atoms with E-state index in [0.29, 0.717) is 5.92 Å². The predicted octanol–water partition coefficient (Wildman–Crippen LogP) is 3.80. The summed E-state index contributed by atoms with van der Waals surface area (Å²) in [7, 11) is 1.92. The molecule has 0 spiro atoms. The van der Waals surface area contributed by atoms with Gasteiger partial charge in [-0.2, -0.15) is 0 Å².